The van der Waals surface area contributed by atoms with Crippen molar-refractivity contribution in [3.8, 4) is 23.3 Å². The van der Waals surface area contributed by atoms with Crippen molar-refractivity contribution in [2.24, 2.45) is 0 Å². The standard InChI is InChI=1S/C27H32N2O6/c1-3-33-27(32)16-22(20-5-7-24-21(15-20)10-12-34-24)28-17-19-4-6-23(18(2)14-19)35-13-11-29-25(30)8-9-26(29)31/h4-9,14-15,22,28,30-31H,3,10-13,16-17H2,1-2H3. The molecule has 1 aliphatic heterocycles. The third kappa shape index (κ3) is 6.08. The molecule has 2 heterocycles. The van der Waals surface area contributed by atoms with Gasteiger partial charge in [-0.3, -0.25) is 9.36 Å². The minimum absolute atomic E-state index is 0.00230. The molecule has 8 heteroatoms. The molecule has 0 bridgehead atoms. The molecule has 0 spiro atoms. The number of aryl methyl sites for hydroxylation is 1. The molecule has 4 rings (SSSR count). The number of fused-ring (bicyclic) bond motifs is 1. The van der Waals surface area contributed by atoms with E-state index in [0.29, 0.717) is 32.9 Å². The monoisotopic (exact) mass is 480 g/mol. The van der Waals surface area contributed by atoms with Crippen molar-refractivity contribution in [3.63, 3.8) is 0 Å². The lowest BCUT2D eigenvalue weighted by atomic mass is 9.99. The Morgan fingerprint density at radius 1 is 1.14 bits per heavy atom. The number of aromatic hydroxyl groups is 2. The Morgan fingerprint density at radius 2 is 1.94 bits per heavy atom. The fraction of sp³-hybridized carbons (Fsp3) is 0.370. The first-order valence-corrected chi connectivity index (χ1v) is 11.9. The fourth-order valence-corrected chi connectivity index (χ4v) is 4.26. The van der Waals surface area contributed by atoms with Crippen molar-refractivity contribution in [1.82, 2.24) is 9.88 Å². The van der Waals surface area contributed by atoms with Gasteiger partial charge in [-0.15, -0.1) is 0 Å². The zero-order valence-electron chi connectivity index (χ0n) is 20.1. The van der Waals surface area contributed by atoms with Gasteiger partial charge in [-0.2, -0.15) is 0 Å². The Hall–Kier alpha value is -3.65. The number of hydrogen-bond acceptors (Lipinski definition) is 7. The molecule has 3 N–H and O–H groups in total. The van der Waals surface area contributed by atoms with Gasteiger partial charge < -0.3 is 29.7 Å². The van der Waals surface area contributed by atoms with Gasteiger partial charge in [-0.05, 0) is 48.2 Å². The van der Waals surface area contributed by atoms with E-state index >= 15 is 0 Å². The smallest absolute Gasteiger partial charge is 0.307 e. The Kier molecular flexibility index (Phi) is 7.82. The number of hydrogen-bond donors (Lipinski definition) is 3. The highest BCUT2D eigenvalue weighted by Gasteiger charge is 2.20. The number of carbonyl (C=O) groups excluding carboxylic acids is 1. The average Bonchev–Trinajstić information content (AvgIpc) is 3.44. The summed E-state index contributed by atoms with van der Waals surface area (Å²) in [6, 6.07) is 14.7. The summed E-state index contributed by atoms with van der Waals surface area (Å²) >= 11 is 0. The molecule has 0 saturated heterocycles. The van der Waals surface area contributed by atoms with Crippen LogP contribution in [0.25, 0.3) is 0 Å². The molecule has 35 heavy (non-hydrogen) atoms. The van der Waals surface area contributed by atoms with Crippen molar-refractivity contribution in [3.05, 3.63) is 70.8 Å². The maximum atomic E-state index is 12.3. The molecule has 0 aliphatic carbocycles. The van der Waals surface area contributed by atoms with Crippen LogP contribution in [0.1, 0.15) is 41.6 Å². The molecule has 1 aliphatic rings. The molecule has 0 fully saturated rings. The van der Waals surface area contributed by atoms with Crippen LogP contribution in [0.5, 0.6) is 23.3 Å². The Bertz CT molecular complexity index is 1150. The zero-order valence-corrected chi connectivity index (χ0v) is 20.1. The summed E-state index contributed by atoms with van der Waals surface area (Å²) in [6.45, 7) is 6.03. The lowest BCUT2D eigenvalue weighted by Gasteiger charge is -2.20. The van der Waals surface area contributed by atoms with Gasteiger partial charge in [0.15, 0.2) is 11.8 Å². The van der Waals surface area contributed by atoms with Crippen LogP contribution in [0.15, 0.2) is 48.5 Å². The summed E-state index contributed by atoms with van der Waals surface area (Å²) in [5, 5.41) is 23.0. The van der Waals surface area contributed by atoms with E-state index in [1.54, 1.807) is 0 Å². The SMILES string of the molecule is CCOC(=O)CC(NCc1ccc(OCCn2c(O)ccc2O)c(C)c1)c1ccc2c(c1)CCO2. The van der Waals surface area contributed by atoms with Gasteiger partial charge in [-0.1, -0.05) is 24.3 Å². The quantitative estimate of drug-likeness (QED) is 0.357. The van der Waals surface area contributed by atoms with Crippen molar-refractivity contribution in [1.29, 1.82) is 0 Å². The summed E-state index contributed by atoms with van der Waals surface area (Å²) in [5.41, 5.74) is 4.24. The van der Waals surface area contributed by atoms with Gasteiger partial charge in [0.2, 0.25) is 0 Å². The highest BCUT2D eigenvalue weighted by molar-refractivity contribution is 5.70. The van der Waals surface area contributed by atoms with Gasteiger partial charge in [0.25, 0.3) is 0 Å². The number of rotatable bonds is 11. The third-order valence-corrected chi connectivity index (χ3v) is 6.09. The normalized spacial score (nSPS) is 13.2. The van der Waals surface area contributed by atoms with Crippen LogP contribution in [-0.4, -0.2) is 40.6 Å². The molecule has 0 radical (unpaired) electrons. The second-order valence-electron chi connectivity index (χ2n) is 8.56. The van der Waals surface area contributed by atoms with Gasteiger partial charge in [0.05, 0.1) is 26.2 Å². The van der Waals surface area contributed by atoms with E-state index in [4.69, 9.17) is 14.2 Å². The maximum Gasteiger partial charge on any atom is 0.307 e. The highest BCUT2D eigenvalue weighted by atomic mass is 16.5. The van der Waals surface area contributed by atoms with Crippen LogP contribution in [0.4, 0.5) is 0 Å². The molecule has 2 aromatic carbocycles. The van der Waals surface area contributed by atoms with Crippen LogP contribution in [-0.2, 0) is 29.0 Å². The topological polar surface area (TPSA) is 102 Å². The molecule has 8 nitrogen and oxygen atoms in total. The summed E-state index contributed by atoms with van der Waals surface area (Å²) in [7, 11) is 0. The van der Waals surface area contributed by atoms with Crippen molar-refractivity contribution in [2.45, 2.75) is 45.8 Å². The summed E-state index contributed by atoms with van der Waals surface area (Å²) in [4.78, 5) is 12.3. The zero-order chi connectivity index (χ0) is 24.8. The minimum Gasteiger partial charge on any atom is -0.494 e. The number of carbonyl (C=O) groups is 1. The van der Waals surface area contributed by atoms with Crippen LogP contribution < -0.4 is 14.8 Å². The fourth-order valence-electron chi connectivity index (χ4n) is 4.26. The van der Waals surface area contributed by atoms with Gasteiger partial charge in [-0.25, -0.2) is 0 Å². The Labute approximate surface area is 205 Å². The van der Waals surface area contributed by atoms with Crippen LogP contribution in [0.2, 0.25) is 0 Å². The molecule has 3 aromatic rings. The predicted octanol–water partition coefficient (Wildman–Crippen LogP) is 4.01. The first kappa shape index (κ1) is 24.5. The predicted molar refractivity (Wildman–Crippen MR) is 131 cm³/mol. The number of benzene rings is 2. The first-order chi connectivity index (χ1) is 16.9. The lowest BCUT2D eigenvalue weighted by molar-refractivity contribution is -0.143. The summed E-state index contributed by atoms with van der Waals surface area (Å²) in [5.74, 6) is 1.41. The van der Waals surface area contributed by atoms with E-state index in [0.717, 1.165) is 40.2 Å². The second kappa shape index (κ2) is 11.2. The molecule has 0 amide bonds. The van der Waals surface area contributed by atoms with Gasteiger partial charge >= 0.3 is 5.97 Å². The Balaban J connectivity index is 1.38. The first-order valence-electron chi connectivity index (χ1n) is 11.9. The van der Waals surface area contributed by atoms with E-state index in [2.05, 4.69) is 11.4 Å². The number of ether oxygens (including phenoxy) is 3. The molecular weight excluding hydrogens is 448 g/mol. The minimum atomic E-state index is -0.235. The van der Waals surface area contributed by atoms with Crippen LogP contribution in [0.3, 0.4) is 0 Å². The van der Waals surface area contributed by atoms with Crippen molar-refractivity contribution >= 4 is 5.97 Å². The Morgan fingerprint density at radius 3 is 2.69 bits per heavy atom. The van der Waals surface area contributed by atoms with Crippen LogP contribution in [0, 0.1) is 6.92 Å². The molecular formula is C27H32N2O6. The van der Waals surface area contributed by atoms with E-state index in [1.807, 2.05) is 44.2 Å². The molecule has 1 atom stereocenters. The number of aromatic nitrogens is 1. The maximum absolute atomic E-state index is 12.3. The van der Waals surface area contributed by atoms with Gasteiger partial charge in [0, 0.05) is 31.1 Å². The summed E-state index contributed by atoms with van der Waals surface area (Å²) < 4.78 is 18.0. The van der Waals surface area contributed by atoms with Crippen molar-refractivity contribution < 1.29 is 29.2 Å². The molecule has 1 aromatic heterocycles. The largest absolute Gasteiger partial charge is 0.494 e. The number of nitrogens with one attached hydrogen (secondary N) is 1. The third-order valence-electron chi connectivity index (χ3n) is 6.09. The number of nitrogens with zero attached hydrogens (tertiary/aromatic N) is 1. The average molecular weight is 481 g/mol. The van der Waals surface area contributed by atoms with Crippen molar-refractivity contribution in [2.75, 3.05) is 19.8 Å². The van der Waals surface area contributed by atoms with Gasteiger partial charge in [0.1, 0.15) is 18.1 Å². The molecule has 0 saturated carbocycles. The number of esters is 1. The second-order valence-corrected chi connectivity index (χ2v) is 8.56. The van der Waals surface area contributed by atoms with E-state index in [-0.39, 0.29) is 30.2 Å². The lowest BCUT2D eigenvalue weighted by Crippen LogP contribution is -2.24. The van der Waals surface area contributed by atoms with E-state index in [9.17, 15) is 15.0 Å². The van der Waals surface area contributed by atoms with E-state index < -0.39 is 0 Å². The molecule has 186 valence electrons. The van der Waals surface area contributed by atoms with E-state index in [1.165, 1.54) is 16.7 Å². The highest BCUT2D eigenvalue weighted by Crippen LogP contribution is 2.30. The molecule has 1 unspecified atom stereocenters. The summed E-state index contributed by atoms with van der Waals surface area (Å²) in [6.07, 6.45) is 1.12. The van der Waals surface area contributed by atoms with Crippen LogP contribution >= 0.6 is 0 Å².